The Balaban J connectivity index is 0.000000235. The van der Waals surface area contributed by atoms with Crippen LogP contribution < -0.4 is 0 Å². The number of nitrogens with zero attached hydrogens (tertiary/aromatic N) is 2. The average Bonchev–Trinajstić information content (AvgIpc) is 2.47. The van der Waals surface area contributed by atoms with Crippen molar-refractivity contribution in [1.29, 1.82) is 0 Å². The van der Waals surface area contributed by atoms with E-state index >= 15 is 0 Å². The molecule has 2 aromatic heterocycles. The first-order valence-electron chi connectivity index (χ1n) is 5.96. The van der Waals surface area contributed by atoms with Gasteiger partial charge in [-0.1, -0.05) is 0 Å². The molecule has 0 spiro atoms. The summed E-state index contributed by atoms with van der Waals surface area (Å²) in [4.78, 5) is 7.19. The lowest BCUT2D eigenvalue weighted by Crippen LogP contribution is -2.03. The Hall–Kier alpha value is -1.97. The Morgan fingerprint density at radius 3 is 1.91 bits per heavy atom. The van der Waals surface area contributed by atoms with Crippen LogP contribution in [0.3, 0.4) is 0 Å². The molecule has 0 unspecified atom stereocenters. The number of hydrogen-bond acceptors (Lipinski definition) is 6. The van der Waals surface area contributed by atoms with Crippen molar-refractivity contribution in [2.24, 2.45) is 0 Å². The maximum absolute atomic E-state index is 12.3. The van der Waals surface area contributed by atoms with E-state index < -0.39 is 15.9 Å². The lowest BCUT2D eigenvalue weighted by Gasteiger charge is -1.99. The third kappa shape index (κ3) is 7.72. The van der Waals surface area contributed by atoms with Gasteiger partial charge in [-0.2, -0.15) is 8.42 Å². The van der Waals surface area contributed by atoms with E-state index in [1.54, 1.807) is 0 Å². The molecule has 0 amide bonds. The predicted octanol–water partition coefficient (Wildman–Crippen LogP) is 1.41. The Kier molecular flexibility index (Phi) is 6.96. The van der Waals surface area contributed by atoms with Gasteiger partial charge in [-0.15, -0.1) is 0 Å². The van der Waals surface area contributed by atoms with Crippen molar-refractivity contribution in [3.63, 3.8) is 0 Å². The number of halogens is 2. The van der Waals surface area contributed by atoms with E-state index in [-0.39, 0.29) is 19.0 Å². The molecule has 0 radical (unpaired) electrons. The van der Waals surface area contributed by atoms with Crippen LogP contribution in [-0.4, -0.2) is 29.7 Å². The molecule has 6 nitrogen and oxygen atoms in total. The summed E-state index contributed by atoms with van der Waals surface area (Å²) in [5.74, 6) is -0.852. The van der Waals surface area contributed by atoms with Crippen LogP contribution in [0.15, 0.2) is 36.7 Å². The maximum Gasteiger partial charge on any atom is 0.264 e. The Bertz CT molecular complexity index is 676. The Morgan fingerprint density at radius 2 is 1.55 bits per heavy atom. The molecule has 2 heterocycles. The fourth-order valence-corrected chi connectivity index (χ4v) is 1.49. The normalized spacial score (nSPS) is 10.7. The molecule has 0 atom stereocenters. The summed E-state index contributed by atoms with van der Waals surface area (Å²) in [7, 11) is -3.47. The fourth-order valence-electron chi connectivity index (χ4n) is 1.16. The maximum atomic E-state index is 12.3. The fraction of sp³-hybridized carbons (Fsp3) is 0.231. The molecule has 9 heteroatoms. The molecule has 2 aromatic rings. The van der Waals surface area contributed by atoms with Gasteiger partial charge in [0.05, 0.1) is 36.6 Å². The molecule has 120 valence electrons. The summed E-state index contributed by atoms with van der Waals surface area (Å²) in [5, 5.41) is 8.44. The van der Waals surface area contributed by atoms with Crippen LogP contribution in [-0.2, 0) is 27.5 Å². The van der Waals surface area contributed by atoms with Gasteiger partial charge >= 0.3 is 0 Å². The highest BCUT2D eigenvalue weighted by molar-refractivity contribution is 7.85. The van der Waals surface area contributed by atoms with E-state index in [9.17, 15) is 17.2 Å². The molecule has 0 aliphatic heterocycles. The molecular weight excluding hydrogens is 318 g/mol. The first-order chi connectivity index (χ1) is 10.3. The summed E-state index contributed by atoms with van der Waals surface area (Å²) >= 11 is 0. The summed E-state index contributed by atoms with van der Waals surface area (Å²) in [6, 6.07) is 5.25. The van der Waals surface area contributed by atoms with Crippen LogP contribution in [0.4, 0.5) is 8.78 Å². The molecule has 0 bridgehead atoms. The quantitative estimate of drug-likeness (QED) is 0.852. The van der Waals surface area contributed by atoms with Crippen molar-refractivity contribution >= 4 is 10.1 Å². The van der Waals surface area contributed by atoms with E-state index in [1.165, 1.54) is 24.3 Å². The molecule has 0 saturated heterocycles. The largest absolute Gasteiger partial charge is 0.390 e. The third-order valence-electron chi connectivity index (χ3n) is 2.16. The van der Waals surface area contributed by atoms with Crippen molar-refractivity contribution in [2.45, 2.75) is 13.2 Å². The van der Waals surface area contributed by atoms with Crippen molar-refractivity contribution in [3.05, 3.63) is 59.7 Å². The minimum Gasteiger partial charge on any atom is -0.390 e. The van der Waals surface area contributed by atoms with Crippen LogP contribution >= 0.6 is 0 Å². The second-order valence-corrected chi connectivity index (χ2v) is 5.70. The molecule has 0 aliphatic rings. The summed E-state index contributed by atoms with van der Waals surface area (Å²) < 4.78 is 50.0. The molecule has 22 heavy (non-hydrogen) atoms. The van der Waals surface area contributed by atoms with Crippen molar-refractivity contribution in [3.8, 4) is 0 Å². The standard InChI is InChI=1S/C7H8FNO3S.C6H6FNO/c1-13(10,11)12-5-7-3-2-6(8)4-9-7;7-5-1-2-6(4-9)8-3-5/h2-4H,5H2,1H3;1-3,9H,4H2. The number of aliphatic hydroxyl groups excluding tert-OH is 1. The van der Waals surface area contributed by atoms with E-state index in [2.05, 4.69) is 14.2 Å². The zero-order valence-electron chi connectivity index (χ0n) is 11.6. The second kappa shape index (κ2) is 8.47. The van der Waals surface area contributed by atoms with E-state index in [0.717, 1.165) is 18.6 Å². The molecule has 1 N–H and O–H groups in total. The second-order valence-electron chi connectivity index (χ2n) is 4.06. The van der Waals surface area contributed by atoms with Gasteiger partial charge in [0.15, 0.2) is 0 Å². The van der Waals surface area contributed by atoms with E-state index in [0.29, 0.717) is 11.4 Å². The zero-order valence-corrected chi connectivity index (χ0v) is 12.4. The van der Waals surface area contributed by atoms with Gasteiger partial charge < -0.3 is 5.11 Å². The smallest absolute Gasteiger partial charge is 0.264 e. The SMILES string of the molecule is CS(=O)(=O)OCc1ccc(F)cn1.OCc1ccc(F)cn1. The minimum atomic E-state index is -3.47. The highest BCUT2D eigenvalue weighted by Crippen LogP contribution is 2.01. The van der Waals surface area contributed by atoms with Gasteiger partial charge in [0.2, 0.25) is 0 Å². The highest BCUT2D eigenvalue weighted by Gasteiger charge is 2.03. The summed E-state index contributed by atoms with van der Waals surface area (Å²) in [6.07, 6.45) is 3.02. The molecule has 0 fully saturated rings. The van der Waals surface area contributed by atoms with Crippen LogP contribution in [0.5, 0.6) is 0 Å². The summed E-state index contributed by atoms with van der Waals surface area (Å²) in [6.45, 7) is -0.306. The molecular formula is C13H14F2N2O4S. The number of rotatable bonds is 4. The van der Waals surface area contributed by atoms with Gasteiger partial charge in [-0.05, 0) is 24.3 Å². The minimum absolute atomic E-state index is 0.139. The lowest BCUT2D eigenvalue weighted by atomic mass is 10.4. The third-order valence-corrected chi connectivity index (χ3v) is 2.71. The van der Waals surface area contributed by atoms with Gasteiger partial charge in [0.1, 0.15) is 18.2 Å². The number of aliphatic hydroxyl groups is 1. The average molecular weight is 332 g/mol. The van der Waals surface area contributed by atoms with Crippen molar-refractivity contribution in [2.75, 3.05) is 6.26 Å². The molecule has 0 aliphatic carbocycles. The first-order valence-corrected chi connectivity index (χ1v) is 7.78. The van der Waals surface area contributed by atoms with Crippen molar-refractivity contribution in [1.82, 2.24) is 9.97 Å². The van der Waals surface area contributed by atoms with Gasteiger partial charge in [0, 0.05) is 0 Å². The van der Waals surface area contributed by atoms with Crippen molar-refractivity contribution < 1.29 is 26.5 Å². The number of aromatic nitrogens is 2. The van der Waals surface area contributed by atoms with Crippen LogP contribution in [0.1, 0.15) is 11.4 Å². The lowest BCUT2D eigenvalue weighted by molar-refractivity contribution is 0.276. The highest BCUT2D eigenvalue weighted by atomic mass is 32.2. The van der Waals surface area contributed by atoms with Crippen LogP contribution in [0.2, 0.25) is 0 Å². The van der Waals surface area contributed by atoms with Gasteiger partial charge in [0.25, 0.3) is 10.1 Å². The number of pyridine rings is 2. The van der Waals surface area contributed by atoms with Crippen LogP contribution in [0.25, 0.3) is 0 Å². The Morgan fingerprint density at radius 1 is 1.05 bits per heavy atom. The summed E-state index contributed by atoms with van der Waals surface area (Å²) in [5.41, 5.74) is 0.850. The molecule has 0 saturated carbocycles. The van der Waals surface area contributed by atoms with E-state index in [4.69, 9.17) is 5.11 Å². The van der Waals surface area contributed by atoms with Crippen LogP contribution in [0, 0.1) is 11.6 Å². The topological polar surface area (TPSA) is 89.4 Å². The van der Waals surface area contributed by atoms with Gasteiger partial charge in [-0.25, -0.2) is 8.78 Å². The number of hydrogen-bond donors (Lipinski definition) is 1. The van der Waals surface area contributed by atoms with E-state index in [1.807, 2.05) is 0 Å². The Labute approximate surface area is 126 Å². The first kappa shape index (κ1) is 18.1. The predicted molar refractivity (Wildman–Crippen MR) is 73.9 cm³/mol. The monoisotopic (exact) mass is 332 g/mol. The molecule has 0 aromatic carbocycles. The van der Waals surface area contributed by atoms with Gasteiger partial charge in [-0.3, -0.25) is 14.2 Å². The molecule has 2 rings (SSSR count). The zero-order chi connectivity index (χ0) is 16.6.